The number of hydrogen-bond acceptors (Lipinski definition) is 4. The minimum Gasteiger partial charge on any atom is -0.326 e. The molecule has 8 heteroatoms. The van der Waals surface area contributed by atoms with Crippen molar-refractivity contribution in [3.05, 3.63) is 29.8 Å². The van der Waals surface area contributed by atoms with Crippen molar-refractivity contribution in [2.24, 2.45) is 5.92 Å². The van der Waals surface area contributed by atoms with Gasteiger partial charge in [0.25, 0.3) is 5.91 Å². The van der Waals surface area contributed by atoms with E-state index in [1.54, 1.807) is 31.2 Å². The summed E-state index contributed by atoms with van der Waals surface area (Å²) in [7, 11) is 0. The summed E-state index contributed by atoms with van der Waals surface area (Å²) in [6.45, 7) is 4.55. The number of imide groups is 1. The van der Waals surface area contributed by atoms with Crippen LogP contribution in [0.1, 0.15) is 32.3 Å². The highest BCUT2D eigenvalue weighted by molar-refractivity contribution is 6.07. The molecule has 4 amide bonds. The van der Waals surface area contributed by atoms with Crippen molar-refractivity contribution in [1.29, 1.82) is 0 Å². The lowest BCUT2D eigenvalue weighted by molar-refractivity contribution is -0.123. The lowest BCUT2D eigenvalue weighted by Crippen LogP contribution is -2.41. The van der Waals surface area contributed by atoms with Crippen molar-refractivity contribution < 1.29 is 14.4 Å². The molecule has 2 aliphatic rings. The van der Waals surface area contributed by atoms with E-state index < -0.39 is 17.5 Å². The van der Waals surface area contributed by atoms with Gasteiger partial charge in [-0.05, 0) is 50.9 Å². The van der Waals surface area contributed by atoms with E-state index in [0.29, 0.717) is 17.3 Å². The van der Waals surface area contributed by atoms with Crippen molar-refractivity contribution in [3.63, 3.8) is 0 Å². The zero-order valence-corrected chi connectivity index (χ0v) is 15.0. The van der Waals surface area contributed by atoms with E-state index in [4.69, 9.17) is 0 Å². The van der Waals surface area contributed by atoms with E-state index in [9.17, 15) is 14.4 Å². The lowest BCUT2D eigenvalue weighted by atomic mass is 9.91. The maximum absolute atomic E-state index is 12.5. The molecule has 136 valence electrons. The first-order valence-corrected chi connectivity index (χ1v) is 8.17. The molecule has 2 heterocycles. The minimum absolute atomic E-state index is 0. The quantitative estimate of drug-likeness (QED) is 0.609. The monoisotopic (exact) mass is 366 g/mol. The molecule has 0 bridgehead atoms. The molecule has 0 spiro atoms. The van der Waals surface area contributed by atoms with Crippen molar-refractivity contribution in [2.45, 2.75) is 38.3 Å². The van der Waals surface area contributed by atoms with Crippen LogP contribution in [0.25, 0.3) is 0 Å². The number of piperidine rings is 1. The van der Waals surface area contributed by atoms with Crippen molar-refractivity contribution in [3.8, 4) is 0 Å². The van der Waals surface area contributed by atoms with Crippen molar-refractivity contribution in [2.75, 3.05) is 11.9 Å². The lowest BCUT2D eigenvalue weighted by Gasteiger charge is -2.27. The number of benzene rings is 1. The summed E-state index contributed by atoms with van der Waals surface area (Å²) in [4.78, 5) is 35.9. The number of rotatable bonds is 3. The normalized spacial score (nSPS) is 28.6. The first-order chi connectivity index (χ1) is 11.4. The molecule has 2 saturated heterocycles. The van der Waals surface area contributed by atoms with Crippen LogP contribution < -0.4 is 21.3 Å². The highest BCUT2D eigenvalue weighted by atomic mass is 35.5. The largest absolute Gasteiger partial charge is 0.326 e. The minimum atomic E-state index is -1.12. The van der Waals surface area contributed by atoms with Crippen LogP contribution in [0.15, 0.2) is 24.3 Å². The Hall–Kier alpha value is -2.12. The van der Waals surface area contributed by atoms with Gasteiger partial charge in [0.05, 0.1) is 0 Å². The second-order valence-corrected chi connectivity index (χ2v) is 6.68. The van der Waals surface area contributed by atoms with Gasteiger partial charge in [0.2, 0.25) is 5.91 Å². The van der Waals surface area contributed by atoms with Gasteiger partial charge in [-0.2, -0.15) is 0 Å². The Bertz CT molecular complexity index is 696. The molecule has 25 heavy (non-hydrogen) atoms. The van der Waals surface area contributed by atoms with Gasteiger partial charge in [0, 0.05) is 17.6 Å². The summed E-state index contributed by atoms with van der Waals surface area (Å²) in [5.41, 5.74) is 0.127. The Kier molecular flexibility index (Phi) is 5.69. The van der Waals surface area contributed by atoms with Gasteiger partial charge in [0.1, 0.15) is 5.54 Å². The van der Waals surface area contributed by atoms with Gasteiger partial charge >= 0.3 is 6.03 Å². The number of carbonyl (C=O) groups is 3. The number of carbonyl (C=O) groups excluding carboxylic acids is 3. The molecule has 3 rings (SSSR count). The van der Waals surface area contributed by atoms with Crippen LogP contribution in [0, 0.1) is 5.92 Å². The zero-order chi connectivity index (χ0) is 17.3. The van der Waals surface area contributed by atoms with E-state index in [1.807, 2.05) is 0 Å². The molecule has 1 unspecified atom stereocenters. The smallest absolute Gasteiger partial charge is 0.322 e. The van der Waals surface area contributed by atoms with Gasteiger partial charge in [-0.25, -0.2) is 4.79 Å². The van der Waals surface area contributed by atoms with Crippen LogP contribution >= 0.6 is 12.4 Å². The maximum Gasteiger partial charge on any atom is 0.322 e. The number of halogens is 1. The first-order valence-electron chi connectivity index (χ1n) is 8.17. The molecule has 0 aliphatic carbocycles. The molecule has 1 aromatic rings. The predicted molar refractivity (Wildman–Crippen MR) is 96.5 cm³/mol. The van der Waals surface area contributed by atoms with Crippen molar-refractivity contribution in [1.82, 2.24) is 16.0 Å². The summed E-state index contributed by atoms with van der Waals surface area (Å²) in [5, 5.41) is 11.1. The number of hydrogen-bond donors (Lipinski definition) is 4. The second kappa shape index (κ2) is 7.41. The Morgan fingerprint density at radius 3 is 2.72 bits per heavy atom. The molecule has 4 N–H and O–H groups in total. The van der Waals surface area contributed by atoms with Gasteiger partial charge < -0.3 is 16.0 Å². The summed E-state index contributed by atoms with van der Waals surface area (Å²) in [6.07, 6.45) is 1.62. The average Bonchev–Trinajstić information content (AvgIpc) is 2.81. The SMILES string of the molecule is C[C@H]1C[C@@H](C(=O)Nc2cccc(C3(C)NC(=O)NC3=O)c2)CCN1.Cl. The topological polar surface area (TPSA) is 99.3 Å². The molecule has 3 atom stereocenters. The molecular weight excluding hydrogens is 344 g/mol. The van der Waals surface area contributed by atoms with Crippen LogP contribution in [0.5, 0.6) is 0 Å². The number of anilines is 1. The van der Waals surface area contributed by atoms with E-state index in [1.165, 1.54) is 0 Å². The number of urea groups is 1. The van der Waals surface area contributed by atoms with Crippen LogP contribution in [0.2, 0.25) is 0 Å². The fourth-order valence-electron chi connectivity index (χ4n) is 3.27. The summed E-state index contributed by atoms with van der Waals surface area (Å²) < 4.78 is 0. The van der Waals surface area contributed by atoms with Crippen LogP contribution in [0.3, 0.4) is 0 Å². The van der Waals surface area contributed by atoms with Crippen LogP contribution in [-0.4, -0.2) is 30.4 Å². The summed E-state index contributed by atoms with van der Waals surface area (Å²) in [5.74, 6) is -0.427. The van der Waals surface area contributed by atoms with Crippen LogP contribution in [-0.2, 0) is 15.1 Å². The Morgan fingerprint density at radius 2 is 2.08 bits per heavy atom. The van der Waals surface area contributed by atoms with E-state index in [-0.39, 0.29) is 24.2 Å². The number of amides is 4. The fourth-order valence-corrected chi connectivity index (χ4v) is 3.27. The van der Waals surface area contributed by atoms with E-state index in [0.717, 1.165) is 19.4 Å². The molecule has 2 fully saturated rings. The standard InChI is InChI=1S/C17H22N4O3.ClH/c1-10-8-11(6-7-18-10)14(22)19-13-5-3-4-12(9-13)17(2)15(23)20-16(24)21-17;/h3-5,9-11,18H,6-8H2,1-2H3,(H,19,22)(H2,20,21,23,24);1H/t10-,11-,17?;/m0./s1. The van der Waals surface area contributed by atoms with E-state index >= 15 is 0 Å². The molecule has 0 saturated carbocycles. The van der Waals surface area contributed by atoms with Crippen molar-refractivity contribution >= 4 is 35.9 Å². The van der Waals surface area contributed by atoms with Gasteiger partial charge in [-0.1, -0.05) is 12.1 Å². The average molecular weight is 367 g/mol. The Balaban J connectivity index is 0.00000225. The molecule has 0 aromatic heterocycles. The van der Waals surface area contributed by atoms with Gasteiger partial charge in [0.15, 0.2) is 0 Å². The maximum atomic E-state index is 12.5. The molecular formula is C17H23ClN4O3. The Labute approximate surface area is 152 Å². The highest BCUT2D eigenvalue weighted by Crippen LogP contribution is 2.27. The molecule has 2 aliphatic heterocycles. The van der Waals surface area contributed by atoms with Gasteiger partial charge in [-0.3, -0.25) is 14.9 Å². The highest BCUT2D eigenvalue weighted by Gasteiger charge is 2.43. The zero-order valence-electron chi connectivity index (χ0n) is 14.2. The third kappa shape index (κ3) is 3.93. The van der Waals surface area contributed by atoms with Gasteiger partial charge in [-0.15, -0.1) is 12.4 Å². The fraction of sp³-hybridized carbons (Fsp3) is 0.471. The van der Waals surface area contributed by atoms with E-state index in [2.05, 4.69) is 28.2 Å². The third-order valence-electron chi connectivity index (χ3n) is 4.75. The summed E-state index contributed by atoms with van der Waals surface area (Å²) >= 11 is 0. The molecule has 7 nitrogen and oxygen atoms in total. The number of nitrogens with one attached hydrogen (secondary N) is 4. The first kappa shape index (κ1) is 19.2. The second-order valence-electron chi connectivity index (χ2n) is 6.68. The third-order valence-corrected chi connectivity index (χ3v) is 4.75. The van der Waals surface area contributed by atoms with Crippen LogP contribution in [0.4, 0.5) is 10.5 Å². The molecule has 0 radical (unpaired) electrons. The molecule has 1 aromatic carbocycles. The predicted octanol–water partition coefficient (Wildman–Crippen LogP) is 1.49. The summed E-state index contributed by atoms with van der Waals surface area (Å²) in [6, 6.07) is 6.85. The Morgan fingerprint density at radius 1 is 1.32 bits per heavy atom.